The molecular formula is C32H35FN4O6. The number of aliphatic hydroxyl groups excluding tert-OH is 1. The molecule has 0 radical (unpaired) electrons. The van der Waals surface area contributed by atoms with Crippen molar-refractivity contribution in [2.24, 2.45) is 0 Å². The van der Waals surface area contributed by atoms with Gasteiger partial charge >= 0.3 is 11.8 Å². The lowest BCUT2D eigenvalue weighted by Crippen LogP contribution is -2.53. The molecule has 43 heavy (non-hydrogen) atoms. The van der Waals surface area contributed by atoms with Gasteiger partial charge in [0.05, 0.1) is 23.9 Å². The standard InChI is InChI=1S/C32H35FN4O6/c1-32(2,3)37(31(41)42)24-11-9-23(10-12-24)36-29(39)27-18-22(33)19-34-28(27)35(30(36)40)25-6-4-5-21(17-25)20-7-13-26(14-8-20)43-16-15-38/h4-8,13-14,17-19,23-24,38H,9-12,15-16H2,1-3H3,(H,41,42). The Balaban J connectivity index is 1.56. The van der Waals surface area contributed by atoms with E-state index >= 15 is 0 Å². The number of aliphatic hydroxyl groups is 1. The second-order valence-electron chi connectivity index (χ2n) is 11.8. The Bertz CT molecular complexity index is 1750. The zero-order valence-corrected chi connectivity index (χ0v) is 24.4. The lowest BCUT2D eigenvalue weighted by molar-refractivity contribution is 0.0506. The quantitative estimate of drug-likeness (QED) is 0.311. The number of ether oxygens (including phenoxy) is 1. The monoisotopic (exact) mass is 590 g/mol. The van der Waals surface area contributed by atoms with Gasteiger partial charge in [0.1, 0.15) is 18.2 Å². The molecule has 5 rings (SSSR count). The van der Waals surface area contributed by atoms with Crippen molar-refractivity contribution in [2.75, 3.05) is 13.2 Å². The molecule has 1 aliphatic carbocycles. The highest BCUT2D eigenvalue weighted by Crippen LogP contribution is 2.33. The summed E-state index contributed by atoms with van der Waals surface area (Å²) in [6.45, 7) is 5.62. The molecular weight excluding hydrogens is 555 g/mol. The number of carboxylic acid groups (broad SMARTS) is 1. The van der Waals surface area contributed by atoms with Crippen molar-refractivity contribution in [3.8, 4) is 22.6 Å². The SMILES string of the molecule is CC(C)(C)N(C(=O)O)C1CCC(n2c(=O)c3cc(F)cnc3n(-c3cccc(-c4ccc(OCCO)cc4)c3)c2=O)CC1. The molecule has 1 saturated carbocycles. The van der Waals surface area contributed by atoms with E-state index in [0.29, 0.717) is 37.1 Å². The van der Waals surface area contributed by atoms with Crippen molar-refractivity contribution in [3.63, 3.8) is 0 Å². The number of nitrogens with zero attached hydrogens (tertiary/aromatic N) is 4. The molecule has 2 N–H and O–H groups in total. The minimum Gasteiger partial charge on any atom is -0.491 e. The first-order valence-corrected chi connectivity index (χ1v) is 14.3. The second kappa shape index (κ2) is 12.0. The molecule has 2 heterocycles. The van der Waals surface area contributed by atoms with Crippen molar-refractivity contribution in [1.29, 1.82) is 0 Å². The summed E-state index contributed by atoms with van der Waals surface area (Å²) >= 11 is 0. The number of amides is 1. The van der Waals surface area contributed by atoms with Gasteiger partial charge in [0.15, 0.2) is 5.65 Å². The van der Waals surface area contributed by atoms with E-state index in [1.54, 1.807) is 30.3 Å². The Hall–Kier alpha value is -4.51. The van der Waals surface area contributed by atoms with E-state index in [-0.39, 0.29) is 30.3 Å². The van der Waals surface area contributed by atoms with Crippen LogP contribution in [-0.2, 0) is 0 Å². The third-order valence-electron chi connectivity index (χ3n) is 7.87. The smallest absolute Gasteiger partial charge is 0.407 e. The topological polar surface area (TPSA) is 127 Å². The van der Waals surface area contributed by atoms with Gasteiger partial charge in [-0.05, 0) is 87.9 Å². The van der Waals surface area contributed by atoms with E-state index in [0.717, 1.165) is 23.4 Å². The van der Waals surface area contributed by atoms with E-state index in [1.807, 2.05) is 39.0 Å². The van der Waals surface area contributed by atoms with Gasteiger partial charge in [0, 0.05) is 17.6 Å². The van der Waals surface area contributed by atoms with Crippen LogP contribution in [0.25, 0.3) is 27.8 Å². The summed E-state index contributed by atoms with van der Waals surface area (Å²) in [6, 6.07) is 14.9. The number of fused-ring (bicyclic) bond motifs is 1. The van der Waals surface area contributed by atoms with Gasteiger partial charge in [-0.2, -0.15) is 0 Å². The molecule has 0 unspecified atom stereocenters. The summed E-state index contributed by atoms with van der Waals surface area (Å²) in [5.74, 6) is -0.0808. The molecule has 0 atom stereocenters. The maximum absolute atomic E-state index is 14.4. The molecule has 11 heteroatoms. The maximum atomic E-state index is 14.4. The lowest BCUT2D eigenvalue weighted by atomic mass is 9.88. The first-order valence-electron chi connectivity index (χ1n) is 14.3. The minimum absolute atomic E-state index is 0.0145. The van der Waals surface area contributed by atoms with Crippen LogP contribution in [0.5, 0.6) is 5.75 Å². The number of benzene rings is 2. The second-order valence-corrected chi connectivity index (χ2v) is 11.8. The Morgan fingerprint density at radius 3 is 2.37 bits per heavy atom. The first-order chi connectivity index (χ1) is 20.5. The van der Waals surface area contributed by atoms with Crippen LogP contribution in [0, 0.1) is 5.82 Å². The van der Waals surface area contributed by atoms with Crippen molar-refractivity contribution < 1.29 is 24.1 Å². The van der Waals surface area contributed by atoms with E-state index < -0.39 is 34.7 Å². The number of carbonyl (C=O) groups is 1. The van der Waals surface area contributed by atoms with Crippen LogP contribution in [0.2, 0.25) is 0 Å². The Morgan fingerprint density at radius 1 is 1.05 bits per heavy atom. The van der Waals surface area contributed by atoms with E-state index in [1.165, 1.54) is 14.0 Å². The van der Waals surface area contributed by atoms with Crippen LogP contribution in [0.1, 0.15) is 52.5 Å². The van der Waals surface area contributed by atoms with E-state index in [4.69, 9.17) is 9.84 Å². The Kier molecular flexibility index (Phi) is 8.36. The summed E-state index contributed by atoms with van der Waals surface area (Å²) < 4.78 is 22.3. The van der Waals surface area contributed by atoms with Crippen molar-refractivity contribution in [3.05, 3.63) is 87.4 Å². The van der Waals surface area contributed by atoms with Gasteiger partial charge in [0.25, 0.3) is 5.56 Å². The molecule has 2 aromatic carbocycles. The van der Waals surface area contributed by atoms with Gasteiger partial charge in [-0.15, -0.1) is 0 Å². The number of rotatable bonds is 7. The van der Waals surface area contributed by atoms with Crippen molar-refractivity contribution in [2.45, 2.75) is 64.1 Å². The fraction of sp³-hybridized carbons (Fsp3) is 0.375. The van der Waals surface area contributed by atoms with Crippen LogP contribution in [0.3, 0.4) is 0 Å². The molecule has 1 fully saturated rings. The highest BCUT2D eigenvalue weighted by molar-refractivity contribution is 5.76. The van der Waals surface area contributed by atoms with Crippen LogP contribution in [-0.4, -0.2) is 60.1 Å². The number of aromatic nitrogens is 3. The number of hydrogen-bond donors (Lipinski definition) is 2. The van der Waals surface area contributed by atoms with Crippen LogP contribution in [0.4, 0.5) is 9.18 Å². The Morgan fingerprint density at radius 2 is 1.74 bits per heavy atom. The summed E-state index contributed by atoms with van der Waals surface area (Å²) in [6.07, 6.45) is 1.77. The lowest BCUT2D eigenvalue weighted by Gasteiger charge is -2.42. The first kappa shape index (κ1) is 30.0. The van der Waals surface area contributed by atoms with Crippen LogP contribution in [0.15, 0.2) is 70.4 Å². The van der Waals surface area contributed by atoms with Gasteiger partial charge < -0.3 is 19.8 Å². The summed E-state index contributed by atoms with van der Waals surface area (Å²) in [5, 5.41) is 18.8. The fourth-order valence-electron chi connectivity index (χ4n) is 6.03. The number of hydrogen-bond acceptors (Lipinski definition) is 6. The molecule has 10 nitrogen and oxygen atoms in total. The van der Waals surface area contributed by atoms with Gasteiger partial charge in [-0.1, -0.05) is 24.3 Å². The molecule has 1 aliphatic rings. The highest BCUT2D eigenvalue weighted by atomic mass is 19.1. The summed E-state index contributed by atoms with van der Waals surface area (Å²) in [4.78, 5) is 45.4. The van der Waals surface area contributed by atoms with E-state index in [9.17, 15) is 23.9 Å². The largest absolute Gasteiger partial charge is 0.491 e. The minimum atomic E-state index is -1.00. The molecule has 226 valence electrons. The average Bonchev–Trinajstić information content (AvgIpc) is 2.97. The maximum Gasteiger partial charge on any atom is 0.407 e. The van der Waals surface area contributed by atoms with E-state index in [2.05, 4.69) is 4.98 Å². The predicted octanol–water partition coefficient (Wildman–Crippen LogP) is 4.99. The molecule has 1 amide bonds. The van der Waals surface area contributed by atoms with Gasteiger partial charge in [-0.3, -0.25) is 9.36 Å². The Labute approximate surface area is 247 Å². The predicted molar refractivity (Wildman–Crippen MR) is 160 cm³/mol. The third kappa shape index (κ3) is 6.03. The van der Waals surface area contributed by atoms with Crippen molar-refractivity contribution in [1.82, 2.24) is 19.0 Å². The third-order valence-corrected chi connectivity index (χ3v) is 7.87. The molecule has 4 aromatic rings. The zero-order valence-electron chi connectivity index (χ0n) is 24.4. The van der Waals surface area contributed by atoms with Crippen LogP contribution < -0.4 is 16.0 Å². The van der Waals surface area contributed by atoms with Gasteiger partial charge in [0.2, 0.25) is 0 Å². The normalized spacial score (nSPS) is 17.1. The number of pyridine rings is 1. The summed E-state index contributed by atoms with van der Waals surface area (Å²) in [5.41, 5.74) is 0.348. The fourth-order valence-corrected chi connectivity index (χ4v) is 6.03. The molecule has 0 bridgehead atoms. The zero-order chi connectivity index (χ0) is 30.9. The summed E-state index contributed by atoms with van der Waals surface area (Å²) in [7, 11) is 0. The average molecular weight is 591 g/mol. The number of halogens is 1. The molecule has 2 aromatic heterocycles. The van der Waals surface area contributed by atoms with Crippen molar-refractivity contribution >= 4 is 17.1 Å². The highest BCUT2D eigenvalue weighted by Gasteiger charge is 2.37. The van der Waals surface area contributed by atoms with Crippen LogP contribution >= 0.6 is 0 Å². The molecule has 0 saturated heterocycles. The van der Waals surface area contributed by atoms with Gasteiger partial charge in [-0.25, -0.2) is 23.5 Å². The molecule has 0 spiro atoms. The molecule has 0 aliphatic heterocycles.